The molecule has 2 rings (SSSR count). The maximum atomic E-state index is 9.84. The molecule has 2 atom stereocenters. The van der Waals surface area contributed by atoms with Gasteiger partial charge < -0.3 is 5.11 Å². The first-order valence-electron chi connectivity index (χ1n) is 4.32. The van der Waals surface area contributed by atoms with Crippen molar-refractivity contribution in [1.82, 2.24) is 0 Å². The summed E-state index contributed by atoms with van der Waals surface area (Å²) in [6, 6.07) is 7.03. The molecule has 1 aliphatic rings. The highest BCUT2D eigenvalue weighted by atomic mass is 16.3. The first kappa shape index (κ1) is 8.81. The first-order valence-corrected chi connectivity index (χ1v) is 4.32. The van der Waals surface area contributed by atoms with Crippen molar-refractivity contribution >= 4 is 6.08 Å². The molecule has 0 radical (unpaired) electrons. The largest absolute Gasteiger partial charge is 0.388 e. The lowest BCUT2D eigenvalue weighted by atomic mass is 9.92. The number of azide groups is 1. The van der Waals surface area contributed by atoms with Crippen molar-refractivity contribution in [3.05, 3.63) is 51.9 Å². The lowest BCUT2D eigenvalue weighted by Crippen LogP contribution is -2.17. The second-order valence-corrected chi connectivity index (χ2v) is 3.13. The van der Waals surface area contributed by atoms with E-state index < -0.39 is 12.1 Å². The molecule has 1 aliphatic carbocycles. The standard InChI is InChI=1S/C10H9N3O/c11-13-12-9-6-5-7-3-1-2-4-8(7)10(9)14/h1-6,9-10,14H. The Kier molecular flexibility index (Phi) is 2.23. The highest BCUT2D eigenvalue weighted by Crippen LogP contribution is 2.29. The first-order chi connectivity index (χ1) is 6.83. The molecule has 1 N–H and O–H groups in total. The van der Waals surface area contributed by atoms with E-state index in [0.29, 0.717) is 0 Å². The van der Waals surface area contributed by atoms with Crippen LogP contribution in [-0.4, -0.2) is 11.1 Å². The van der Waals surface area contributed by atoms with Crippen molar-refractivity contribution in [2.75, 3.05) is 0 Å². The van der Waals surface area contributed by atoms with E-state index in [1.807, 2.05) is 30.3 Å². The van der Waals surface area contributed by atoms with Crippen LogP contribution in [0.2, 0.25) is 0 Å². The molecule has 0 saturated heterocycles. The third-order valence-corrected chi connectivity index (χ3v) is 2.30. The summed E-state index contributed by atoms with van der Waals surface area (Å²) in [5.74, 6) is 0. The van der Waals surface area contributed by atoms with E-state index in [0.717, 1.165) is 11.1 Å². The summed E-state index contributed by atoms with van der Waals surface area (Å²) in [7, 11) is 0. The highest BCUT2D eigenvalue weighted by molar-refractivity contribution is 5.58. The molecule has 0 fully saturated rings. The van der Waals surface area contributed by atoms with Crippen molar-refractivity contribution in [1.29, 1.82) is 0 Å². The Morgan fingerprint density at radius 2 is 2.14 bits per heavy atom. The van der Waals surface area contributed by atoms with Gasteiger partial charge in [0.05, 0.1) is 12.1 Å². The van der Waals surface area contributed by atoms with Crippen LogP contribution in [0.25, 0.3) is 16.5 Å². The normalized spacial score (nSPS) is 23.8. The molecule has 0 amide bonds. The minimum atomic E-state index is -0.730. The van der Waals surface area contributed by atoms with Crippen LogP contribution >= 0.6 is 0 Å². The molecule has 1 aromatic carbocycles. The zero-order valence-corrected chi connectivity index (χ0v) is 7.41. The number of fused-ring (bicyclic) bond motifs is 1. The average molecular weight is 187 g/mol. The average Bonchev–Trinajstić information content (AvgIpc) is 2.23. The van der Waals surface area contributed by atoms with Gasteiger partial charge in [-0.15, -0.1) is 0 Å². The summed E-state index contributed by atoms with van der Waals surface area (Å²) < 4.78 is 0. The number of rotatable bonds is 1. The zero-order valence-electron chi connectivity index (χ0n) is 7.41. The van der Waals surface area contributed by atoms with Crippen LogP contribution in [0.3, 0.4) is 0 Å². The Morgan fingerprint density at radius 3 is 2.93 bits per heavy atom. The number of aliphatic hydroxyl groups is 1. The summed E-state index contributed by atoms with van der Waals surface area (Å²) in [5.41, 5.74) is 10.1. The Morgan fingerprint density at radius 1 is 1.36 bits per heavy atom. The van der Waals surface area contributed by atoms with Crippen LogP contribution in [0.15, 0.2) is 35.5 Å². The predicted molar refractivity (Wildman–Crippen MR) is 53.4 cm³/mol. The van der Waals surface area contributed by atoms with E-state index in [1.165, 1.54) is 0 Å². The smallest absolute Gasteiger partial charge is 0.0915 e. The second kappa shape index (κ2) is 3.54. The lowest BCUT2D eigenvalue weighted by molar-refractivity contribution is 0.162. The summed E-state index contributed by atoms with van der Waals surface area (Å²) in [6.07, 6.45) is 2.85. The van der Waals surface area contributed by atoms with Gasteiger partial charge in [0, 0.05) is 4.91 Å². The van der Waals surface area contributed by atoms with Gasteiger partial charge in [-0.2, -0.15) is 0 Å². The Bertz CT molecular complexity index is 421. The van der Waals surface area contributed by atoms with Gasteiger partial charge >= 0.3 is 0 Å². The Hall–Kier alpha value is -1.77. The van der Waals surface area contributed by atoms with E-state index >= 15 is 0 Å². The van der Waals surface area contributed by atoms with Crippen LogP contribution in [0.5, 0.6) is 0 Å². The Labute approximate surface area is 81.1 Å². The fourth-order valence-corrected chi connectivity index (χ4v) is 1.58. The quantitative estimate of drug-likeness (QED) is 0.409. The van der Waals surface area contributed by atoms with Crippen LogP contribution in [0.1, 0.15) is 17.2 Å². The van der Waals surface area contributed by atoms with E-state index in [1.54, 1.807) is 6.08 Å². The van der Waals surface area contributed by atoms with Gasteiger partial charge in [-0.1, -0.05) is 41.5 Å². The number of hydrogen-bond donors (Lipinski definition) is 1. The van der Waals surface area contributed by atoms with Crippen molar-refractivity contribution in [2.45, 2.75) is 12.1 Å². The highest BCUT2D eigenvalue weighted by Gasteiger charge is 2.22. The van der Waals surface area contributed by atoms with Crippen LogP contribution in [0.4, 0.5) is 0 Å². The van der Waals surface area contributed by atoms with Crippen LogP contribution in [-0.2, 0) is 0 Å². The van der Waals surface area contributed by atoms with E-state index in [9.17, 15) is 5.11 Å². The molecular formula is C10H9N3O. The van der Waals surface area contributed by atoms with E-state index in [4.69, 9.17) is 5.53 Å². The van der Waals surface area contributed by atoms with Gasteiger partial charge in [-0.3, -0.25) is 0 Å². The number of aliphatic hydroxyl groups excluding tert-OH is 1. The van der Waals surface area contributed by atoms with Gasteiger partial charge in [0.1, 0.15) is 0 Å². The third-order valence-electron chi connectivity index (χ3n) is 2.30. The van der Waals surface area contributed by atoms with Crippen molar-refractivity contribution < 1.29 is 5.11 Å². The summed E-state index contributed by atoms with van der Waals surface area (Å²) in [5, 5.41) is 13.3. The molecule has 0 bridgehead atoms. The molecule has 70 valence electrons. The van der Waals surface area contributed by atoms with Gasteiger partial charge in [0.2, 0.25) is 0 Å². The number of benzene rings is 1. The van der Waals surface area contributed by atoms with Gasteiger partial charge in [-0.05, 0) is 16.7 Å². The number of nitrogens with zero attached hydrogens (tertiary/aromatic N) is 3. The maximum Gasteiger partial charge on any atom is 0.0915 e. The summed E-state index contributed by atoms with van der Waals surface area (Å²) >= 11 is 0. The van der Waals surface area contributed by atoms with Crippen LogP contribution < -0.4 is 0 Å². The molecule has 14 heavy (non-hydrogen) atoms. The minimum absolute atomic E-state index is 0.491. The van der Waals surface area contributed by atoms with E-state index in [-0.39, 0.29) is 0 Å². The molecule has 0 saturated carbocycles. The lowest BCUT2D eigenvalue weighted by Gasteiger charge is -2.21. The zero-order chi connectivity index (χ0) is 9.97. The SMILES string of the molecule is [N-]=[N+]=NC1C=Cc2ccccc2C1O. The predicted octanol–water partition coefficient (Wildman–Crippen LogP) is 2.43. The van der Waals surface area contributed by atoms with Gasteiger partial charge in [0.15, 0.2) is 0 Å². The van der Waals surface area contributed by atoms with Gasteiger partial charge in [0.25, 0.3) is 0 Å². The monoisotopic (exact) mass is 187 g/mol. The molecule has 0 spiro atoms. The molecule has 4 nitrogen and oxygen atoms in total. The minimum Gasteiger partial charge on any atom is -0.388 e. The third kappa shape index (κ3) is 1.37. The fraction of sp³-hybridized carbons (Fsp3) is 0.200. The molecule has 1 aromatic rings. The maximum absolute atomic E-state index is 9.84. The van der Waals surface area contributed by atoms with Crippen molar-refractivity contribution in [3.63, 3.8) is 0 Å². The fourth-order valence-electron chi connectivity index (χ4n) is 1.58. The molecule has 4 heteroatoms. The molecule has 0 aromatic heterocycles. The summed E-state index contributed by atoms with van der Waals surface area (Å²) in [6.45, 7) is 0. The molecular weight excluding hydrogens is 178 g/mol. The second-order valence-electron chi connectivity index (χ2n) is 3.13. The summed E-state index contributed by atoms with van der Waals surface area (Å²) in [4.78, 5) is 2.70. The van der Waals surface area contributed by atoms with Gasteiger partial charge in [-0.25, -0.2) is 0 Å². The molecule has 0 aliphatic heterocycles. The number of hydrogen-bond acceptors (Lipinski definition) is 2. The van der Waals surface area contributed by atoms with E-state index in [2.05, 4.69) is 10.0 Å². The molecule has 0 heterocycles. The molecule has 2 unspecified atom stereocenters. The van der Waals surface area contributed by atoms with Crippen LogP contribution in [0, 0.1) is 0 Å². The topological polar surface area (TPSA) is 69.0 Å². The Balaban J connectivity index is 2.44. The van der Waals surface area contributed by atoms with Crippen molar-refractivity contribution in [3.8, 4) is 0 Å². The van der Waals surface area contributed by atoms with Crippen molar-refractivity contribution in [2.24, 2.45) is 5.11 Å².